The molecular formula is C22H23N3O4S2. The minimum Gasteiger partial charge on any atom is -0.486 e. The standard InChI is InChI=1S/C22H23N3O4S2/c1-3-10-25-21(27)16-9-11-30-20(16)23-22(25)31-14-19(26)24(4-2)12-15-13-28-17-7-5-6-8-18(17)29-15/h3,5-9,11,15H,1,4,10,12-14H2,2H3. The number of para-hydroxylation sites is 2. The third kappa shape index (κ3) is 4.62. The molecule has 9 heteroatoms. The Labute approximate surface area is 188 Å². The van der Waals surface area contributed by atoms with E-state index in [1.165, 1.54) is 23.1 Å². The molecule has 1 aliphatic heterocycles. The number of carbonyl (C=O) groups is 1. The first-order valence-electron chi connectivity index (χ1n) is 9.98. The van der Waals surface area contributed by atoms with E-state index < -0.39 is 0 Å². The highest BCUT2D eigenvalue weighted by atomic mass is 32.2. The van der Waals surface area contributed by atoms with E-state index in [0.717, 1.165) is 5.75 Å². The van der Waals surface area contributed by atoms with Crippen LogP contribution in [0.5, 0.6) is 11.5 Å². The van der Waals surface area contributed by atoms with Crippen molar-refractivity contribution in [1.82, 2.24) is 14.5 Å². The van der Waals surface area contributed by atoms with E-state index in [2.05, 4.69) is 11.6 Å². The van der Waals surface area contributed by atoms with Gasteiger partial charge in [-0.25, -0.2) is 4.98 Å². The Balaban J connectivity index is 1.43. The Hall–Kier alpha value is -2.78. The maximum Gasteiger partial charge on any atom is 0.263 e. The zero-order valence-corrected chi connectivity index (χ0v) is 18.8. The van der Waals surface area contributed by atoms with Gasteiger partial charge in [0.2, 0.25) is 5.91 Å². The first-order valence-corrected chi connectivity index (χ1v) is 11.8. The van der Waals surface area contributed by atoms with E-state index in [4.69, 9.17) is 9.47 Å². The van der Waals surface area contributed by atoms with Gasteiger partial charge in [-0.2, -0.15) is 0 Å². The molecule has 31 heavy (non-hydrogen) atoms. The number of hydrogen-bond donors (Lipinski definition) is 0. The normalized spacial score (nSPS) is 15.1. The van der Waals surface area contributed by atoms with Crippen LogP contribution in [0.15, 0.2) is 58.3 Å². The van der Waals surface area contributed by atoms with E-state index in [9.17, 15) is 9.59 Å². The van der Waals surface area contributed by atoms with Crippen LogP contribution in [-0.4, -0.2) is 51.9 Å². The summed E-state index contributed by atoms with van der Waals surface area (Å²) in [4.78, 5) is 32.7. The van der Waals surface area contributed by atoms with Gasteiger partial charge < -0.3 is 14.4 Å². The van der Waals surface area contributed by atoms with Crippen molar-refractivity contribution < 1.29 is 14.3 Å². The van der Waals surface area contributed by atoms with Gasteiger partial charge in [0.05, 0.1) is 17.7 Å². The molecule has 1 atom stereocenters. The van der Waals surface area contributed by atoms with Crippen LogP contribution in [0.2, 0.25) is 0 Å². The largest absolute Gasteiger partial charge is 0.486 e. The first-order chi connectivity index (χ1) is 15.1. The summed E-state index contributed by atoms with van der Waals surface area (Å²) in [5.41, 5.74) is -0.111. The number of thioether (sulfide) groups is 1. The number of hydrogen-bond acceptors (Lipinski definition) is 7. The first kappa shape index (κ1) is 21.5. The van der Waals surface area contributed by atoms with Gasteiger partial charge >= 0.3 is 0 Å². The van der Waals surface area contributed by atoms with Crippen LogP contribution in [0.3, 0.4) is 0 Å². The molecule has 1 aromatic carbocycles. The summed E-state index contributed by atoms with van der Waals surface area (Å²) in [5, 5.41) is 2.96. The Bertz CT molecular complexity index is 1160. The molecule has 3 aromatic rings. The number of nitrogens with zero attached hydrogens (tertiary/aromatic N) is 3. The van der Waals surface area contributed by atoms with Gasteiger partial charge in [0, 0.05) is 13.1 Å². The van der Waals surface area contributed by atoms with Gasteiger partial charge in [0.25, 0.3) is 5.56 Å². The number of aromatic nitrogens is 2. The third-order valence-corrected chi connectivity index (χ3v) is 6.68. The second-order valence-electron chi connectivity index (χ2n) is 6.96. The molecule has 0 saturated heterocycles. The van der Waals surface area contributed by atoms with Crippen LogP contribution in [0.4, 0.5) is 0 Å². The smallest absolute Gasteiger partial charge is 0.263 e. The molecule has 0 fully saturated rings. The van der Waals surface area contributed by atoms with E-state index in [0.29, 0.717) is 47.4 Å². The molecule has 1 unspecified atom stereocenters. The SMILES string of the molecule is C=CCn1c(SCC(=O)N(CC)CC2COc3ccccc3O2)nc2sccc2c1=O. The van der Waals surface area contributed by atoms with Crippen molar-refractivity contribution in [3.8, 4) is 11.5 Å². The minimum atomic E-state index is -0.233. The van der Waals surface area contributed by atoms with Crippen molar-refractivity contribution in [3.05, 3.63) is 58.7 Å². The summed E-state index contributed by atoms with van der Waals surface area (Å²) in [5.74, 6) is 1.55. The zero-order chi connectivity index (χ0) is 21.8. The van der Waals surface area contributed by atoms with Crippen LogP contribution in [0.25, 0.3) is 10.2 Å². The summed E-state index contributed by atoms with van der Waals surface area (Å²) >= 11 is 2.69. The third-order valence-electron chi connectivity index (χ3n) is 4.91. The Kier molecular flexibility index (Phi) is 6.62. The van der Waals surface area contributed by atoms with Gasteiger partial charge in [-0.15, -0.1) is 17.9 Å². The van der Waals surface area contributed by atoms with Crippen LogP contribution in [0.1, 0.15) is 6.92 Å². The van der Waals surface area contributed by atoms with Crippen molar-refractivity contribution >= 4 is 39.2 Å². The quantitative estimate of drug-likeness (QED) is 0.293. The molecule has 1 amide bonds. The Morgan fingerprint density at radius 3 is 2.97 bits per heavy atom. The zero-order valence-electron chi connectivity index (χ0n) is 17.2. The summed E-state index contributed by atoms with van der Waals surface area (Å²) in [6, 6.07) is 9.29. The topological polar surface area (TPSA) is 73.7 Å². The van der Waals surface area contributed by atoms with Crippen molar-refractivity contribution in [2.45, 2.75) is 24.7 Å². The maximum absolute atomic E-state index is 12.9. The number of benzene rings is 1. The summed E-state index contributed by atoms with van der Waals surface area (Å²) in [6.07, 6.45) is 1.42. The summed E-state index contributed by atoms with van der Waals surface area (Å²) in [7, 11) is 0. The number of fused-ring (bicyclic) bond motifs is 2. The highest BCUT2D eigenvalue weighted by Crippen LogP contribution is 2.31. The number of ether oxygens (including phenoxy) is 2. The lowest BCUT2D eigenvalue weighted by atomic mass is 10.2. The molecule has 0 aliphatic carbocycles. The average molecular weight is 458 g/mol. The van der Waals surface area contributed by atoms with Crippen molar-refractivity contribution in [1.29, 1.82) is 0 Å². The van der Waals surface area contributed by atoms with E-state index in [1.807, 2.05) is 36.6 Å². The van der Waals surface area contributed by atoms with Gasteiger partial charge in [0.1, 0.15) is 11.4 Å². The Morgan fingerprint density at radius 2 is 2.19 bits per heavy atom. The monoisotopic (exact) mass is 457 g/mol. The fraction of sp³-hybridized carbons (Fsp3) is 0.318. The fourth-order valence-corrected chi connectivity index (χ4v) is 5.07. The lowest BCUT2D eigenvalue weighted by molar-refractivity contribution is -0.129. The molecule has 0 saturated carbocycles. The molecule has 3 heterocycles. The molecule has 162 valence electrons. The number of likely N-dealkylation sites (N-methyl/N-ethyl adjacent to an activating group) is 1. The summed E-state index contributed by atoms with van der Waals surface area (Å²) < 4.78 is 13.3. The summed E-state index contributed by atoms with van der Waals surface area (Å²) in [6.45, 7) is 7.39. The van der Waals surface area contributed by atoms with Gasteiger partial charge in [-0.1, -0.05) is 30.0 Å². The fourth-order valence-electron chi connectivity index (χ4n) is 3.35. The highest BCUT2D eigenvalue weighted by Gasteiger charge is 2.25. The van der Waals surface area contributed by atoms with Crippen LogP contribution >= 0.6 is 23.1 Å². The lowest BCUT2D eigenvalue weighted by Gasteiger charge is -2.30. The second-order valence-corrected chi connectivity index (χ2v) is 8.79. The van der Waals surface area contributed by atoms with Gasteiger partial charge in [-0.3, -0.25) is 14.2 Å². The van der Waals surface area contributed by atoms with Gasteiger partial charge in [-0.05, 0) is 30.5 Å². The van der Waals surface area contributed by atoms with Crippen molar-refractivity contribution in [2.24, 2.45) is 0 Å². The molecule has 2 aromatic heterocycles. The Morgan fingerprint density at radius 1 is 1.39 bits per heavy atom. The number of allylic oxidation sites excluding steroid dienone is 1. The lowest BCUT2D eigenvalue weighted by Crippen LogP contribution is -2.44. The van der Waals surface area contributed by atoms with Crippen LogP contribution in [0, 0.1) is 0 Å². The molecule has 0 spiro atoms. The van der Waals surface area contributed by atoms with E-state index in [-0.39, 0.29) is 23.3 Å². The van der Waals surface area contributed by atoms with Crippen molar-refractivity contribution in [3.63, 3.8) is 0 Å². The van der Waals surface area contributed by atoms with Crippen molar-refractivity contribution in [2.75, 3.05) is 25.4 Å². The molecule has 0 bridgehead atoms. The number of rotatable bonds is 8. The highest BCUT2D eigenvalue weighted by molar-refractivity contribution is 7.99. The molecule has 1 aliphatic rings. The van der Waals surface area contributed by atoms with E-state index in [1.54, 1.807) is 21.6 Å². The molecule has 0 N–H and O–H groups in total. The average Bonchev–Trinajstić information content (AvgIpc) is 3.27. The van der Waals surface area contributed by atoms with Crippen LogP contribution in [-0.2, 0) is 11.3 Å². The molecule has 0 radical (unpaired) electrons. The van der Waals surface area contributed by atoms with Gasteiger partial charge in [0.15, 0.2) is 22.8 Å². The number of amides is 1. The number of thiophene rings is 1. The molecule has 7 nitrogen and oxygen atoms in total. The van der Waals surface area contributed by atoms with E-state index >= 15 is 0 Å². The maximum atomic E-state index is 12.9. The molecule has 4 rings (SSSR count). The molecular weight excluding hydrogens is 434 g/mol. The second kappa shape index (κ2) is 9.57. The number of carbonyl (C=O) groups excluding carboxylic acids is 1. The van der Waals surface area contributed by atoms with Crippen LogP contribution < -0.4 is 15.0 Å². The predicted octanol–water partition coefficient (Wildman–Crippen LogP) is 3.42. The predicted molar refractivity (Wildman–Crippen MR) is 123 cm³/mol. The minimum absolute atomic E-state index is 0.0411.